The van der Waals surface area contributed by atoms with Crippen LogP contribution in [0.25, 0.3) is 0 Å². The van der Waals surface area contributed by atoms with Gasteiger partial charge in [-0.05, 0) is 0 Å². The molecule has 0 rings (SSSR count). The van der Waals surface area contributed by atoms with E-state index in [4.69, 9.17) is 0 Å². The van der Waals surface area contributed by atoms with Crippen molar-refractivity contribution >= 4 is 0 Å². The van der Waals surface area contributed by atoms with Gasteiger partial charge < -0.3 is 73.0 Å². The van der Waals surface area contributed by atoms with Crippen LogP contribution in [-0.2, 0) is 0 Å². The third-order valence-corrected chi connectivity index (χ3v) is 0.667. The Morgan fingerprint density at radius 1 is 0.389 bits per heavy atom. The molecule has 0 atom stereocenters. The first-order chi connectivity index (χ1) is 3.13. The number of hydrogen-bond acceptors (Lipinski definition) is 12. The lowest BCUT2D eigenvalue weighted by atomic mass is 10.3. The highest BCUT2D eigenvalue weighted by Gasteiger charge is 1.92. The minimum absolute atomic E-state index is 0. The van der Waals surface area contributed by atoms with E-state index in [-0.39, 0.29) is 67.7 Å². The molecule has 34 N–H and O–H groups in total. The summed E-state index contributed by atoms with van der Waals surface area (Å²) in [6.45, 7) is 8.61. The molecule has 0 amide bonds. The van der Waals surface area contributed by atoms with Crippen molar-refractivity contribution in [3.05, 3.63) is 0 Å². The molecule has 0 aliphatic heterocycles. The zero-order valence-electron chi connectivity index (χ0n) is 13.4. The van der Waals surface area contributed by atoms with Crippen LogP contribution in [-0.4, -0.2) is 12.1 Å². The third-order valence-electron chi connectivity index (χ3n) is 0.667. The van der Waals surface area contributed by atoms with Gasteiger partial charge in [-0.2, -0.15) is 0 Å². The van der Waals surface area contributed by atoms with Gasteiger partial charge in [0.05, 0.1) is 0 Å². The lowest BCUT2D eigenvalue weighted by Crippen LogP contribution is -2.29. The molecule has 12 nitrogen and oxygen atoms in total. The molecule has 0 aliphatic rings. The molecule has 132 valence electrons. The van der Waals surface area contributed by atoms with Crippen LogP contribution in [0, 0.1) is 0 Å². The second-order valence-electron chi connectivity index (χ2n) is 2.48. The number of nitrogens with one attached hydrogen (secondary N) is 1. The van der Waals surface area contributed by atoms with Gasteiger partial charge in [-0.25, -0.2) is 0 Å². The summed E-state index contributed by atoms with van der Waals surface area (Å²) in [4.78, 5) is 0. The van der Waals surface area contributed by atoms with Crippen LogP contribution < -0.4 is 73.0 Å². The number of hydrogen-bond donors (Lipinski definition) is 12. The number of rotatable bonds is 2. The topological polar surface area (TPSA) is 397 Å². The fourth-order valence-corrected chi connectivity index (χ4v) is 0.667. The maximum absolute atomic E-state index is 3.31. The Balaban J connectivity index is -0.00000000327. The zero-order valence-corrected chi connectivity index (χ0v) is 13.4. The van der Waals surface area contributed by atoms with Crippen LogP contribution in [0.3, 0.4) is 0 Å². The minimum Gasteiger partial charge on any atom is -0.344 e. The summed E-state index contributed by atoms with van der Waals surface area (Å²) in [5.41, 5.74) is 0. The van der Waals surface area contributed by atoms with Crippen LogP contribution in [0.4, 0.5) is 0 Å². The maximum Gasteiger partial charge on any atom is 0.00127 e. The molecule has 0 aromatic carbocycles. The predicted octanol–water partition coefficient (Wildman–Crippen LogP) is 3.17. The molecule has 0 aliphatic carbocycles. The van der Waals surface area contributed by atoms with Gasteiger partial charge >= 0.3 is 0 Å². The van der Waals surface area contributed by atoms with Crippen LogP contribution in [0.2, 0.25) is 0 Å². The SMILES string of the molecule is CC(C)NC(C)C.N.N.N.N.N.N.N.N.N.N.N. The average molecular weight is 289 g/mol. The van der Waals surface area contributed by atoms with Crippen LogP contribution >= 0.6 is 0 Å². The van der Waals surface area contributed by atoms with E-state index in [1.807, 2.05) is 0 Å². The van der Waals surface area contributed by atoms with Gasteiger partial charge in [-0.15, -0.1) is 0 Å². The van der Waals surface area contributed by atoms with Crippen LogP contribution in [0.1, 0.15) is 27.7 Å². The monoisotopic (exact) mass is 288 g/mol. The Morgan fingerprint density at radius 2 is 0.500 bits per heavy atom. The summed E-state index contributed by atoms with van der Waals surface area (Å²) in [6, 6.07) is 1.25. The molecular formula is C6H48N12. The minimum atomic E-state index is 0. The van der Waals surface area contributed by atoms with E-state index in [0.29, 0.717) is 12.1 Å². The largest absolute Gasteiger partial charge is 0.344 e. The van der Waals surface area contributed by atoms with Crippen molar-refractivity contribution < 1.29 is 0 Å². The summed E-state index contributed by atoms with van der Waals surface area (Å²) >= 11 is 0. The summed E-state index contributed by atoms with van der Waals surface area (Å²) in [5.74, 6) is 0. The van der Waals surface area contributed by atoms with Crippen molar-refractivity contribution in [1.29, 1.82) is 0 Å². The van der Waals surface area contributed by atoms with Gasteiger partial charge in [-0.1, -0.05) is 27.7 Å². The zero-order chi connectivity index (χ0) is 5.86. The second kappa shape index (κ2) is 93.6. The van der Waals surface area contributed by atoms with E-state index in [1.165, 1.54) is 0 Å². The van der Waals surface area contributed by atoms with E-state index in [9.17, 15) is 0 Å². The first kappa shape index (κ1) is 157. The molecular weight excluding hydrogens is 240 g/mol. The van der Waals surface area contributed by atoms with Crippen molar-refractivity contribution in [3.8, 4) is 0 Å². The molecule has 0 saturated heterocycles. The highest BCUT2D eigenvalue weighted by Crippen LogP contribution is 1.80. The van der Waals surface area contributed by atoms with Crippen molar-refractivity contribution in [2.45, 2.75) is 39.8 Å². The van der Waals surface area contributed by atoms with E-state index in [2.05, 4.69) is 33.0 Å². The van der Waals surface area contributed by atoms with Crippen molar-refractivity contribution in [3.63, 3.8) is 0 Å². The molecule has 0 spiro atoms. The highest BCUT2D eigenvalue weighted by molar-refractivity contribution is 4.55. The quantitative estimate of drug-likeness (QED) is 0.348. The Hall–Kier alpha value is -0.480. The fraction of sp³-hybridized carbons (Fsp3) is 1.00. The summed E-state index contributed by atoms with van der Waals surface area (Å²) in [7, 11) is 0. The van der Waals surface area contributed by atoms with Gasteiger partial charge in [0, 0.05) is 12.1 Å². The van der Waals surface area contributed by atoms with E-state index >= 15 is 0 Å². The lowest BCUT2D eigenvalue weighted by Gasteiger charge is -2.10. The molecule has 0 fully saturated rings. The predicted molar refractivity (Wildman–Crippen MR) is 88.7 cm³/mol. The lowest BCUT2D eigenvalue weighted by molar-refractivity contribution is 0.518. The van der Waals surface area contributed by atoms with Gasteiger partial charge in [-0.3, -0.25) is 0 Å². The second-order valence-corrected chi connectivity index (χ2v) is 2.48. The molecule has 0 aromatic heterocycles. The molecule has 0 bridgehead atoms. The average Bonchev–Trinajstić information content (AvgIpc) is 1.27. The summed E-state index contributed by atoms with van der Waals surface area (Å²) in [5, 5.41) is 3.31. The Kier molecular flexibility index (Phi) is 816. The maximum atomic E-state index is 3.31. The first-order valence-electron chi connectivity index (χ1n) is 2.89. The first-order valence-corrected chi connectivity index (χ1v) is 2.89. The molecule has 12 heteroatoms. The Labute approximate surface area is 114 Å². The summed E-state index contributed by atoms with van der Waals surface area (Å²) in [6.07, 6.45) is 0. The molecule has 0 heterocycles. The van der Waals surface area contributed by atoms with Crippen molar-refractivity contribution in [2.24, 2.45) is 0 Å². The van der Waals surface area contributed by atoms with E-state index < -0.39 is 0 Å². The van der Waals surface area contributed by atoms with Gasteiger partial charge in [0.1, 0.15) is 0 Å². The normalized spacial score (nSPS) is 4.33. The third kappa shape index (κ3) is 264. The smallest absolute Gasteiger partial charge is 0.00127 e. The van der Waals surface area contributed by atoms with Crippen molar-refractivity contribution in [2.75, 3.05) is 0 Å². The Bertz CT molecular complexity index is 45.8. The molecule has 0 unspecified atom stereocenters. The van der Waals surface area contributed by atoms with Crippen molar-refractivity contribution in [1.82, 2.24) is 73.0 Å². The Morgan fingerprint density at radius 3 is 0.500 bits per heavy atom. The van der Waals surface area contributed by atoms with Gasteiger partial charge in [0.2, 0.25) is 0 Å². The summed E-state index contributed by atoms with van der Waals surface area (Å²) < 4.78 is 0. The highest BCUT2D eigenvalue weighted by atomic mass is 14.9. The van der Waals surface area contributed by atoms with Gasteiger partial charge in [0.25, 0.3) is 0 Å². The standard InChI is InChI=1S/C6H15N.11H3N/c1-5(2)7-6(3)4;;;;;;;;;;;/h5-7H,1-4H3;11*1H3. The van der Waals surface area contributed by atoms with Gasteiger partial charge in [0.15, 0.2) is 0 Å². The molecule has 0 radical (unpaired) electrons. The fourth-order valence-electron chi connectivity index (χ4n) is 0.667. The van der Waals surface area contributed by atoms with Crippen LogP contribution in [0.15, 0.2) is 0 Å². The van der Waals surface area contributed by atoms with E-state index in [1.54, 1.807) is 0 Å². The molecule has 0 aromatic rings. The molecule has 0 saturated carbocycles. The van der Waals surface area contributed by atoms with Crippen LogP contribution in [0.5, 0.6) is 0 Å². The van der Waals surface area contributed by atoms with E-state index in [0.717, 1.165) is 0 Å². The molecule has 18 heavy (non-hydrogen) atoms.